The molecule has 178 valence electrons. The first-order chi connectivity index (χ1) is 16.8. The van der Waals surface area contributed by atoms with Crippen LogP contribution in [0.2, 0.25) is 5.02 Å². The molecular formula is C24H19ClN4O6. The monoisotopic (exact) mass is 494 g/mol. The molecule has 3 amide bonds. The molecule has 2 bridgehead atoms. The molecule has 35 heavy (non-hydrogen) atoms. The van der Waals surface area contributed by atoms with Crippen LogP contribution < -0.4 is 10.1 Å². The van der Waals surface area contributed by atoms with Gasteiger partial charge in [0.05, 0.1) is 23.0 Å². The number of nitro benzene ring substituents is 1. The Morgan fingerprint density at radius 3 is 2.43 bits per heavy atom. The van der Waals surface area contributed by atoms with Crippen LogP contribution in [0.15, 0.2) is 59.7 Å². The van der Waals surface area contributed by atoms with E-state index in [4.69, 9.17) is 16.3 Å². The number of hydrazone groups is 1. The molecule has 0 radical (unpaired) electrons. The number of rotatable bonds is 7. The predicted octanol–water partition coefficient (Wildman–Crippen LogP) is 3.41. The van der Waals surface area contributed by atoms with E-state index in [1.165, 1.54) is 24.4 Å². The molecule has 5 rings (SSSR count). The van der Waals surface area contributed by atoms with E-state index in [2.05, 4.69) is 10.4 Å². The van der Waals surface area contributed by atoms with Crippen molar-refractivity contribution in [2.24, 2.45) is 28.8 Å². The van der Waals surface area contributed by atoms with Crippen LogP contribution in [0, 0.1) is 33.8 Å². The van der Waals surface area contributed by atoms with Crippen molar-refractivity contribution in [3.63, 3.8) is 0 Å². The number of fused-ring (bicyclic) bond motifs is 5. The summed E-state index contributed by atoms with van der Waals surface area (Å²) in [6.07, 6.45) is 6.02. The molecule has 10 nitrogen and oxygen atoms in total. The number of hydrogen-bond donors (Lipinski definition) is 1. The summed E-state index contributed by atoms with van der Waals surface area (Å²) in [4.78, 5) is 48.5. The van der Waals surface area contributed by atoms with E-state index in [0.29, 0.717) is 16.3 Å². The maximum atomic E-state index is 12.7. The quantitative estimate of drug-likeness (QED) is 0.206. The summed E-state index contributed by atoms with van der Waals surface area (Å²) in [5.41, 5.74) is 0.419. The Bertz CT molecular complexity index is 1260. The number of nitro groups is 1. The molecule has 1 aliphatic heterocycles. The summed E-state index contributed by atoms with van der Waals surface area (Å²) in [5, 5.41) is 19.6. The van der Waals surface area contributed by atoms with Gasteiger partial charge in [0.2, 0.25) is 0 Å². The van der Waals surface area contributed by atoms with Crippen LogP contribution in [-0.4, -0.2) is 40.5 Å². The van der Waals surface area contributed by atoms with Gasteiger partial charge >= 0.3 is 5.69 Å². The zero-order valence-electron chi connectivity index (χ0n) is 18.2. The number of ether oxygens (including phenoxy) is 1. The Hall–Kier alpha value is -4.05. The molecule has 3 aliphatic rings. The molecule has 11 heteroatoms. The largest absolute Gasteiger partial charge is 0.477 e. The van der Waals surface area contributed by atoms with Gasteiger partial charge in [-0.15, -0.1) is 0 Å². The second kappa shape index (κ2) is 8.95. The smallest absolute Gasteiger partial charge is 0.311 e. The van der Waals surface area contributed by atoms with E-state index in [-0.39, 0.29) is 46.9 Å². The first kappa shape index (κ1) is 22.7. The topological polar surface area (TPSA) is 131 Å². The fourth-order valence-corrected chi connectivity index (χ4v) is 5.00. The highest BCUT2D eigenvalue weighted by Gasteiger charge is 2.59. The van der Waals surface area contributed by atoms with Crippen LogP contribution >= 0.6 is 11.6 Å². The third-order valence-electron chi connectivity index (χ3n) is 6.44. The number of amides is 3. The average Bonchev–Trinajstić information content (AvgIpc) is 3.52. The van der Waals surface area contributed by atoms with Crippen LogP contribution in [0.5, 0.6) is 5.75 Å². The zero-order valence-corrected chi connectivity index (χ0v) is 18.9. The van der Waals surface area contributed by atoms with Gasteiger partial charge in [-0.2, -0.15) is 10.1 Å². The molecule has 0 aromatic heterocycles. The predicted molar refractivity (Wildman–Crippen MR) is 126 cm³/mol. The average molecular weight is 495 g/mol. The SMILES string of the molecule is O=C(COc1ccc(C=NN2C(=O)C3C4C=CC(C4)C3C2=O)cc1[N+](=O)[O-])Nc1ccc(Cl)cc1. The van der Waals surface area contributed by atoms with Gasteiger partial charge in [-0.25, -0.2) is 0 Å². The maximum absolute atomic E-state index is 12.7. The van der Waals surface area contributed by atoms with Gasteiger partial charge in [0.1, 0.15) is 0 Å². The normalized spacial score (nSPS) is 24.3. The molecule has 2 fully saturated rings. The summed E-state index contributed by atoms with van der Waals surface area (Å²) >= 11 is 5.81. The van der Waals surface area contributed by atoms with E-state index in [0.717, 1.165) is 11.4 Å². The number of carbonyl (C=O) groups excluding carboxylic acids is 3. The van der Waals surface area contributed by atoms with Gasteiger partial charge in [-0.1, -0.05) is 23.8 Å². The molecule has 2 aliphatic carbocycles. The molecule has 2 aromatic rings. The number of nitrogens with zero attached hydrogens (tertiary/aromatic N) is 3. The summed E-state index contributed by atoms with van der Waals surface area (Å²) in [6, 6.07) is 10.5. The van der Waals surface area contributed by atoms with Crippen molar-refractivity contribution in [1.29, 1.82) is 0 Å². The number of allylic oxidation sites excluding steroid dienone is 2. The Kier molecular flexibility index (Phi) is 5.81. The van der Waals surface area contributed by atoms with E-state index in [9.17, 15) is 24.5 Å². The fourth-order valence-electron chi connectivity index (χ4n) is 4.88. The van der Waals surface area contributed by atoms with Crippen molar-refractivity contribution in [3.05, 3.63) is 75.3 Å². The second-order valence-corrected chi connectivity index (χ2v) is 9.00. The van der Waals surface area contributed by atoms with E-state index < -0.39 is 17.4 Å². The highest BCUT2D eigenvalue weighted by atomic mass is 35.5. The number of carbonyl (C=O) groups is 3. The molecule has 1 N–H and O–H groups in total. The lowest BCUT2D eigenvalue weighted by Gasteiger charge is -2.13. The fraction of sp³-hybridized carbons (Fsp3) is 0.250. The Balaban J connectivity index is 1.25. The molecule has 4 unspecified atom stereocenters. The Labute approximate surface area is 204 Å². The Morgan fingerprint density at radius 2 is 1.80 bits per heavy atom. The highest BCUT2D eigenvalue weighted by Crippen LogP contribution is 2.52. The van der Waals surface area contributed by atoms with Crippen LogP contribution in [0.4, 0.5) is 11.4 Å². The van der Waals surface area contributed by atoms with Crippen LogP contribution in [0.3, 0.4) is 0 Å². The maximum Gasteiger partial charge on any atom is 0.311 e. The van der Waals surface area contributed by atoms with Crippen molar-refractivity contribution in [2.75, 3.05) is 11.9 Å². The van der Waals surface area contributed by atoms with Crippen molar-refractivity contribution in [3.8, 4) is 5.75 Å². The van der Waals surface area contributed by atoms with E-state index in [1.54, 1.807) is 24.3 Å². The third-order valence-corrected chi connectivity index (χ3v) is 6.69. The van der Waals surface area contributed by atoms with Gasteiger partial charge in [0.25, 0.3) is 17.7 Å². The minimum Gasteiger partial charge on any atom is -0.477 e. The van der Waals surface area contributed by atoms with Gasteiger partial charge in [0, 0.05) is 22.3 Å². The molecular weight excluding hydrogens is 476 g/mol. The first-order valence-corrected chi connectivity index (χ1v) is 11.3. The lowest BCUT2D eigenvalue weighted by atomic mass is 9.85. The Morgan fingerprint density at radius 1 is 1.14 bits per heavy atom. The minimum atomic E-state index is -0.649. The number of halogens is 1. The molecule has 4 atom stereocenters. The lowest BCUT2D eigenvalue weighted by Crippen LogP contribution is -2.28. The lowest BCUT2D eigenvalue weighted by molar-refractivity contribution is -0.385. The van der Waals surface area contributed by atoms with Crippen molar-refractivity contribution in [2.45, 2.75) is 6.42 Å². The summed E-state index contributed by atoms with van der Waals surface area (Å²) in [5.74, 6) is -1.91. The first-order valence-electron chi connectivity index (χ1n) is 10.9. The van der Waals surface area contributed by atoms with Crippen molar-refractivity contribution >= 4 is 46.9 Å². The van der Waals surface area contributed by atoms with E-state index >= 15 is 0 Å². The van der Waals surface area contributed by atoms with Gasteiger partial charge < -0.3 is 10.1 Å². The summed E-state index contributed by atoms with van der Waals surface area (Å²) in [6.45, 7) is -0.452. The minimum absolute atomic E-state index is 0.0658. The molecule has 1 saturated carbocycles. The van der Waals surface area contributed by atoms with Crippen molar-refractivity contribution in [1.82, 2.24) is 5.01 Å². The standard InChI is InChI=1S/C24H19ClN4O6/c25-16-4-6-17(7-5-16)27-20(30)12-35-19-8-1-13(9-18(19)29(33)34)11-26-28-23(31)21-14-2-3-15(10-14)22(21)24(28)32/h1-9,11,14-15,21-22H,10,12H2,(H,27,30). The summed E-state index contributed by atoms with van der Waals surface area (Å²) < 4.78 is 5.35. The molecule has 1 saturated heterocycles. The second-order valence-electron chi connectivity index (χ2n) is 8.56. The van der Waals surface area contributed by atoms with Gasteiger partial charge in [0.15, 0.2) is 12.4 Å². The van der Waals surface area contributed by atoms with Crippen molar-refractivity contribution < 1.29 is 24.0 Å². The van der Waals surface area contributed by atoms with Crippen LogP contribution in [0.1, 0.15) is 12.0 Å². The van der Waals surface area contributed by atoms with Crippen LogP contribution in [0.25, 0.3) is 0 Å². The van der Waals surface area contributed by atoms with Crippen LogP contribution in [-0.2, 0) is 14.4 Å². The van der Waals surface area contributed by atoms with Gasteiger partial charge in [-0.05, 0) is 54.7 Å². The highest BCUT2D eigenvalue weighted by molar-refractivity contribution is 6.30. The number of nitrogens with one attached hydrogen (secondary N) is 1. The number of anilines is 1. The summed E-state index contributed by atoms with van der Waals surface area (Å²) in [7, 11) is 0. The number of benzene rings is 2. The third kappa shape index (κ3) is 4.28. The number of imide groups is 1. The molecule has 1 heterocycles. The molecule has 2 aromatic carbocycles. The molecule has 0 spiro atoms. The van der Waals surface area contributed by atoms with Gasteiger partial charge in [-0.3, -0.25) is 24.5 Å². The zero-order chi connectivity index (χ0) is 24.7. The number of hydrogen-bond acceptors (Lipinski definition) is 7. The van der Waals surface area contributed by atoms with E-state index in [1.807, 2.05) is 12.2 Å².